The molecule has 2 aromatic rings. The number of aliphatic hydroxyl groups excluding tert-OH is 1. The average molecular weight is 213 g/mol. The van der Waals surface area contributed by atoms with Crippen LogP contribution in [0, 0.1) is 11.8 Å². The molecule has 0 aliphatic heterocycles. The third-order valence-corrected chi connectivity index (χ3v) is 2.70. The summed E-state index contributed by atoms with van der Waals surface area (Å²) in [5, 5.41) is 10.5. The molecule has 0 radical (unpaired) electrons. The van der Waals surface area contributed by atoms with Crippen molar-refractivity contribution >= 4 is 10.9 Å². The van der Waals surface area contributed by atoms with E-state index < -0.39 is 0 Å². The Hall–Kier alpha value is -1.72. The molecule has 1 heterocycles. The molecule has 2 nitrogen and oxygen atoms in total. The van der Waals surface area contributed by atoms with Crippen molar-refractivity contribution < 1.29 is 5.11 Å². The van der Waals surface area contributed by atoms with Gasteiger partial charge in [0.1, 0.15) is 0 Å². The van der Waals surface area contributed by atoms with Gasteiger partial charge in [-0.3, -0.25) is 0 Å². The molecule has 0 aliphatic carbocycles. The zero-order valence-electron chi connectivity index (χ0n) is 9.40. The van der Waals surface area contributed by atoms with Gasteiger partial charge in [0.05, 0.1) is 12.1 Å². The molecule has 0 fully saturated rings. The van der Waals surface area contributed by atoms with Gasteiger partial charge in [-0.15, -0.1) is 11.8 Å². The molecule has 0 amide bonds. The van der Waals surface area contributed by atoms with Crippen molar-refractivity contribution in [2.24, 2.45) is 0 Å². The summed E-state index contributed by atoms with van der Waals surface area (Å²) < 4.78 is 2.16. The van der Waals surface area contributed by atoms with Gasteiger partial charge in [0, 0.05) is 24.7 Å². The summed E-state index contributed by atoms with van der Waals surface area (Å²) in [5.74, 6) is 5.95. The first-order chi connectivity index (χ1) is 7.86. The Bertz CT molecular complexity index is 543. The van der Waals surface area contributed by atoms with Gasteiger partial charge in [0.15, 0.2) is 0 Å². The summed E-state index contributed by atoms with van der Waals surface area (Å²) >= 11 is 0. The first-order valence-corrected chi connectivity index (χ1v) is 5.44. The lowest BCUT2D eigenvalue weighted by atomic mass is 10.1. The Balaban J connectivity index is 2.40. The largest absolute Gasteiger partial charge is 0.392 e. The number of aliphatic hydroxyl groups is 1. The van der Waals surface area contributed by atoms with E-state index >= 15 is 0 Å². The molecule has 82 valence electrons. The maximum atomic E-state index is 9.31. The third kappa shape index (κ3) is 1.95. The highest BCUT2D eigenvalue weighted by atomic mass is 16.3. The fourth-order valence-electron chi connectivity index (χ4n) is 1.96. The zero-order chi connectivity index (χ0) is 11.4. The molecule has 0 spiro atoms. The number of fused-ring (bicyclic) bond motifs is 1. The molecular formula is C14H15NO. The number of hydrogen-bond donors (Lipinski definition) is 1. The van der Waals surface area contributed by atoms with E-state index in [0.717, 1.165) is 24.0 Å². The van der Waals surface area contributed by atoms with Gasteiger partial charge in [-0.1, -0.05) is 18.2 Å². The van der Waals surface area contributed by atoms with E-state index in [1.807, 2.05) is 19.1 Å². The second-order valence-electron chi connectivity index (χ2n) is 3.70. The summed E-state index contributed by atoms with van der Waals surface area (Å²) in [6.45, 7) is 2.81. The summed E-state index contributed by atoms with van der Waals surface area (Å²) in [4.78, 5) is 0. The van der Waals surface area contributed by atoms with E-state index in [4.69, 9.17) is 0 Å². The van der Waals surface area contributed by atoms with Crippen LogP contribution in [0.5, 0.6) is 0 Å². The van der Waals surface area contributed by atoms with Crippen LogP contribution in [0.2, 0.25) is 0 Å². The van der Waals surface area contributed by atoms with Crippen molar-refractivity contribution in [1.82, 2.24) is 4.57 Å². The van der Waals surface area contributed by atoms with Crippen LogP contribution in [-0.4, -0.2) is 9.67 Å². The third-order valence-electron chi connectivity index (χ3n) is 2.70. The maximum Gasteiger partial charge on any atom is 0.0702 e. The van der Waals surface area contributed by atoms with Crippen molar-refractivity contribution in [2.45, 2.75) is 26.5 Å². The molecule has 0 bridgehead atoms. The van der Waals surface area contributed by atoms with Crippen LogP contribution in [0.1, 0.15) is 18.9 Å². The first-order valence-electron chi connectivity index (χ1n) is 5.44. The molecule has 1 aromatic heterocycles. The highest BCUT2D eigenvalue weighted by Gasteiger charge is 2.04. The van der Waals surface area contributed by atoms with E-state index in [1.54, 1.807) is 0 Å². The highest BCUT2D eigenvalue weighted by Crippen LogP contribution is 2.20. The molecule has 0 saturated carbocycles. The van der Waals surface area contributed by atoms with Crippen molar-refractivity contribution in [3.05, 3.63) is 36.0 Å². The quantitative estimate of drug-likeness (QED) is 0.779. The fourth-order valence-corrected chi connectivity index (χ4v) is 1.96. The topological polar surface area (TPSA) is 25.2 Å². The van der Waals surface area contributed by atoms with Gasteiger partial charge in [0.2, 0.25) is 0 Å². The monoisotopic (exact) mass is 213 g/mol. The Morgan fingerprint density at radius 2 is 2.19 bits per heavy atom. The van der Waals surface area contributed by atoms with Crippen LogP contribution in [0.3, 0.4) is 0 Å². The Kier molecular flexibility index (Phi) is 3.28. The van der Waals surface area contributed by atoms with Crippen LogP contribution < -0.4 is 0 Å². The maximum absolute atomic E-state index is 9.31. The molecule has 0 unspecified atom stereocenters. The number of benzene rings is 1. The van der Waals surface area contributed by atoms with E-state index in [9.17, 15) is 5.11 Å². The average Bonchev–Trinajstić information content (AvgIpc) is 2.73. The standard InChI is InChI=1S/C14H15NO/c1-2-3-4-9-15-10-8-12-6-5-7-13(11-16)14(12)15/h5-8,10,16H,4,9,11H2,1H3. The van der Waals surface area contributed by atoms with Crippen LogP contribution in [-0.2, 0) is 13.2 Å². The smallest absolute Gasteiger partial charge is 0.0702 e. The summed E-state index contributed by atoms with van der Waals surface area (Å²) in [5.41, 5.74) is 2.11. The number of rotatable bonds is 3. The van der Waals surface area contributed by atoms with E-state index in [0.29, 0.717) is 0 Å². The second-order valence-corrected chi connectivity index (χ2v) is 3.70. The minimum absolute atomic E-state index is 0.0841. The normalized spacial score (nSPS) is 10.1. The first kappa shape index (κ1) is 10.8. The molecule has 2 rings (SSSR count). The van der Waals surface area contributed by atoms with E-state index in [1.165, 1.54) is 5.39 Å². The van der Waals surface area contributed by atoms with Crippen molar-refractivity contribution in [2.75, 3.05) is 0 Å². The van der Waals surface area contributed by atoms with Gasteiger partial charge in [0.25, 0.3) is 0 Å². The van der Waals surface area contributed by atoms with E-state index in [2.05, 4.69) is 34.7 Å². The lowest BCUT2D eigenvalue weighted by molar-refractivity contribution is 0.283. The predicted molar refractivity (Wildman–Crippen MR) is 65.9 cm³/mol. The molecule has 0 saturated heterocycles. The lowest BCUT2D eigenvalue weighted by Crippen LogP contribution is -1.98. The summed E-state index contributed by atoms with van der Waals surface area (Å²) in [6.07, 6.45) is 2.90. The molecule has 16 heavy (non-hydrogen) atoms. The molecule has 0 atom stereocenters. The predicted octanol–water partition coefficient (Wildman–Crippen LogP) is 2.55. The van der Waals surface area contributed by atoms with Gasteiger partial charge < -0.3 is 9.67 Å². The fraction of sp³-hybridized carbons (Fsp3) is 0.286. The van der Waals surface area contributed by atoms with Crippen molar-refractivity contribution in [3.63, 3.8) is 0 Å². The SMILES string of the molecule is CC#CCCn1ccc2cccc(CO)c21. The van der Waals surface area contributed by atoms with Crippen LogP contribution in [0.15, 0.2) is 30.5 Å². The minimum atomic E-state index is 0.0841. The molecule has 0 aliphatic rings. The van der Waals surface area contributed by atoms with Crippen LogP contribution >= 0.6 is 0 Å². The summed E-state index contributed by atoms with van der Waals surface area (Å²) in [6, 6.07) is 8.08. The highest BCUT2D eigenvalue weighted by molar-refractivity contribution is 5.83. The zero-order valence-corrected chi connectivity index (χ0v) is 9.40. The molecule has 2 heteroatoms. The Morgan fingerprint density at radius 1 is 1.31 bits per heavy atom. The van der Waals surface area contributed by atoms with Crippen LogP contribution in [0.4, 0.5) is 0 Å². The molecule has 1 N–H and O–H groups in total. The van der Waals surface area contributed by atoms with Crippen molar-refractivity contribution in [3.8, 4) is 11.8 Å². The number of nitrogens with zero attached hydrogens (tertiary/aromatic N) is 1. The van der Waals surface area contributed by atoms with Gasteiger partial charge in [-0.25, -0.2) is 0 Å². The van der Waals surface area contributed by atoms with Crippen molar-refractivity contribution in [1.29, 1.82) is 0 Å². The minimum Gasteiger partial charge on any atom is -0.392 e. The number of aryl methyl sites for hydroxylation is 1. The van der Waals surface area contributed by atoms with Gasteiger partial charge in [-0.2, -0.15) is 0 Å². The van der Waals surface area contributed by atoms with Crippen LogP contribution in [0.25, 0.3) is 10.9 Å². The van der Waals surface area contributed by atoms with Gasteiger partial charge >= 0.3 is 0 Å². The number of para-hydroxylation sites is 1. The second kappa shape index (κ2) is 4.87. The summed E-state index contributed by atoms with van der Waals surface area (Å²) in [7, 11) is 0. The molecule has 1 aromatic carbocycles. The van der Waals surface area contributed by atoms with E-state index in [-0.39, 0.29) is 6.61 Å². The molecular weight excluding hydrogens is 198 g/mol. The number of hydrogen-bond acceptors (Lipinski definition) is 1. The Morgan fingerprint density at radius 3 is 2.94 bits per heavy atom. The number of aromatic nitrogens is 1. The lowest BCUT2D eigenvalue weighted by Gasteiger charge is -2.06. The Labute approximate surface area is 95.5 Å². The van der Waals surface area contributed by atoms with Gasteiger partial charge in [-0.05, 0) is 18.4 Å².